The van der Waals surface area contributed by atoms with Gasteiger partial charge in [-0.3, -0.25) is 4.79 Å². The minimum Gasteiger partial charge on any atom is -0.385 e. The summed E-state index contributed by atoms with van der Waals surface area (Å²) in [4.78, 5) is 24.6. The molecule has 2 saturated heterocycles. The van der Waals surface area contributed by atoms with E-state index in [9.17, 15) is 4.79 Å². The number of aromatic nitrogens is 2. The average Bonchev–Trinajstić information content (AvgIpc) is 3.48. The molecule has 2 aliphatic heterocycles. The fourth-order valence-electron chi connectivity index (χ4n) is 5.34. The van der Waals surface area contributed by atoms with E-state index in [4.69, 9.17) is 9.72 Å². The van der Waals surface area contributed by atoms with Crippen LogP contribution in [0.15, 0.2) is 24.5 Å². The molecule has 4 rings (SSSR count). The van der Waals surface area contributed by atoms with Crippen LogP contribution in [0.5, 0.6) is 0 Å². The lowest BCUT2D eigenvalue weighted by molar-refractivity contribution is 0.0344. The number of thiazole rings is 1. The molecular formula is C25H38N4O2S. The number of methoxy groups -OCH3 is 1. The summed E-state index contributed by atoms with van der Waals surface area (Å²) in [6, 6.07) is 4.62. The van der Waals surface area contributed by atoms with Gasteiger partial charge in [0.25, 0.3) is 5.91 Å². The maximum atomic E-state index is 13.9. The van der Waals surface area contributed by atoms with Crippen molar-refractivity contribution in [2.24, 2.45) is 5.92 Å². The van der Waals surface area contributed by atoms with Gasteiger partial charge < -0.3 is 19.1 Å². The topological polar surface area (TPSA) is 50.6 Å². The van der Waals surface area contributed by atoms with Crippen LogP contribution in [0, 0.1) is 5.92 Å². The van der Waals surface area contributed by atoms with Gasteiger partial charge in [-0.05, 0) is 69.2 Å². The van der Waals surface area contributed by atoms with E-state index in [1.807, 2.05) is 29.1 Å². The van der Waals surface area contributed by atoms with Crippen molar-refractivity contribution in [2.45, 2.75) is 64.3 Å². The zero-order chi connectivity index (χ0) is 22.5. The van der Waals surface area contributed by atoms with Crippen molar-refractivity contribution >= 4 is 17.2 Å². The maximum Gasteiger partial charge on any atom is 0.273 e. The van der Waals surface area contributed by atoms with Crippen molar-refractivity contribution in [1.82, 2.24) is 19.4 Å². The molecule has 0 radical (unpaired) electrons. The number of carbonyl (C=O) groups excluding carboxylic acids is 1. The second kappa shape index (κ2) is 10.9. The summed E-state index contributed by atoms with van der Waals surface area (Å²) in [6.07, 6.45) is 11.2. The molecule has 2 aromatic heterocycles. The SMILES string of the molecule is COCCCN(CC1CCCN2CCCCC12)C(=O)c1nc(-n2cccc2)sc1C(C)C. The summed E-state index contributed by atoms with van der Waals surface area (Å²) in [5.41, 5.74) is 0.641. The smallest absolute Gasteiger partial charge is 0.273 e. The predicted octanol–water partition coefficient (Wildman–Crippen LogP) is 4.80. The Morgan fingerprint density at radius 1 is 1.22 bits per heavy atom. The standard InChI is InChI=1S/C25H38N4O2S/c1-19(2)23-22(26-25(32-23)28-13-6-7-14-28)24(30)29(16-9-17-31-3)18-20-10-8-15-27-12-5-4-11-21(20)27/h6-7,13-14,19-21H,4-5,8-12,15-18H2,1-3H3. The molecule has 7 heteroatoms. The molecule has 32 heavy (non-hydrogen) atoms. The van der Waals surface area contributed by atoms with Crippen molar-refractivity contribution in [3.05, 3.63) is 35.1 Å². The van der Waals surface area contributed by atoms with Crippen LogP contribution in [0.2, 0.25) is 0 Å². The molecule has 1 amide bonds. The highest BCUT2D eigenvalue weighted by Gasteiger charge is 2.35. The monoisotopic (exact) mass is 458 g/mol. The third kappa shape index (κ3) is 5.26. The number of hydrogen-bond acceptors (Lipinski definition) is 5. The fraction of sp³-hybridized carbons (Fsp3) is 0.680. The van der Waals surface area contributed by atoms with E-state index in [1.165, 1.54) is 45.2 Å². The van der Waals surface area contributed by atoms with Gasteiger partial charge in [-0.25, -0.2) is 4.98 Å². The summed E-state index contributed by atoms with van der Waals surface area (Å²) < 4.78 is 7.31. The summed E-state index contributed by atoms with van der Waals surface area (Å²) in [6.45, 7) is 8.99. The summed E-state index contributed by atoms with van der Waals surface area (Å²) in [7, 11) is 1.73. The molecule has 0 spiro atoms. The van der Waals surface area contributed by atoms with Crippen LogP contribution >= 0.6 is 11.3 Å². The van der Waals surface area contributed by atoms with E-state index in [-0.39, 0.29) is 11.8 Å². The summed E-state index contributed by atoms with van der Waals surface area (Å²) in [5, 5.41) is 0.870. The second-order valence-electron chi connectivity index (χ2n) is 9.55. The van der Waals surface area contributed by atoms with E-state index >= 15 is 0 Å². The van der Waals surface area contributed by atoms with Crippen molar-refractivity contribution in [3.63, 3.8) is 0 Å². The Morgan fingerprint density at radius 2 is 2.00 bits per heavy atom. The predicted molar refractivity (Wildman–Crippen MR) is 130 cm³/mol. The Bertz CT molecular complexity index is 861. The molecule has 2 atom stereocenters. The number of nitrogens with zero attached hydrogens (tertiary/aromatic N) is 4. The molecule has 6 nitrogen and oxygen atoms in total. The second-order valence-corrected chi connectivity index (χ2v) is 10.6. The van der Waals surface area contributed by atoms with Gasteiger partial charge in [-0.1, -0.05) is 20.3 Å². The van der Waals surface area contributed by atoms with Crippen LogP contribution in [0.25, 0.3) is 5.13 Å². The lowest BCUT2D eigenvalue weighted by Crippen LogP contribution is -2.51. The first kappa shape index (κ1) is 23.5. The molecule has 2 aromatic rings. The first-order valence-corrected chi connectivity index (χ1v) is 13.1. The molecule has 0 saturated carbocycles. The van der Waals surface area contributed by atoms with Gasteiger partial charge in [0.2, 0.25) is 0 Å². The molecular weight excluding hydrogens is 420 g/mol. The lowest BCUT2D eigenvalue weighted by Gasteiger charge is -2.45. The van der Waals surface area contributed by atoms with Crippen LogP contribution in [0.3, 0.4) is 0 Å². The van der Waals surface area contributed by atoms with Crippen molar-refractivity contribution in [3.8, 4) is 5.13 Å². The zero-order valence-corrected chi connectivity index (χ0v) is 20.6. The van der Waals surface area contributed by atoms with Gasteiger partial charge >= 0.3 is 0 Å². The molecule has 0 N–H and O–H groups in total. The number of hydrogen-bond donors (Lipinski definition) is 0. The Kier molecular flexibility index (Phi) is 8.02. The normalized spacial score (nSPS) is 21.6. The first-order chi connectivity index (χ1) is 15.6. The third-order valence-electron chi connectivity index (χ3n) is 6.94. The first-order valence-electron chi connectivity index (χ1n) is 12.2. The molecule has 0 bridgehead atoms. The average molecular weight is 459 g/mol. The zero-order valence-electron chi connectivity index (χ0n) is 19.8. The molecule has 176 valence electrons. The van der Waals surface area contributed by atoms with Gasteiger partial charge in [-0.15, -0.1) is 11.3 Å². The van der Waals surface area contributed by atoms with Crippen LogP contribution in [-0.2, 0) is 4.74 Å². The van der Waals surface area contributed by atoms with Crippen molar-refractivity contribution < 1.29 is 9.53 Å². The molecule has 2 unspecified atom stereocenters. The third-order valence-corrected chi connectivity index (χ3v) is 8.31. The lowest BCUT2D eigenvalue weighted by atomic mass is 9.83. The van der Waals surface area contributed by atoms with Crippen LogP contribution in [-0.4, -0.2) is 71.2 Å². The van der Waals surface area contributed by atoms with Gasteiger partial charge in [-0.2, -0.15) is 0 Å². The number of piperidine rings is 2. The minimum absolute atomic E-state index is 0.0902. The van der Waals surface area contributed by atoms with Gasteiger partial charge in [0.15, 0.2) is 5.13 Å². The number of fused-ring (bicyclic) bond motifs is 1. The van der Waals surface area contributed by atoms with Gasteiger partial charge in [0.05, 0.1) is 0 Å². The van der Waals surface area contributed by atoms with Gasteiger partial charge in [0.1, 0.15) is 5.69 Å². The number of ether oxygens (including phenoxy) is 1. The number of amides is 1. The van der Waals surface area contributed by atoms with Crippen LogP contribution < -0.4 is 0 Å². The molecule has 2 fully saturated rings. The highest BCUT2D eigenvalue weighted by molar-refractivity contribution is 7.14. The Morgan fingerprint density at radius 3 is 2.75 bits per heavy atom. The minimum atomic E-state index is 0.0902. The number of carbonyl (C=O) groups is 1. The maximum absolute atomic E-state index is 13.9. The number of rotatable bonds is 9. The van der Waals surface area contributed by atoms with E-state index in [2.05, 4.69) is 23.6 Å². The highest BCUT2D eigenvalue weighted by Crippen LogP contribution is 2.33. The van der Waals surface area contributed by atoms with Crippen molar-refractivity contribution in [1.29, 1.82) is 0 Å². The Hall–Kier alpha value is -1.70. The van der Waals surface area contributed by atoms with E-state index < -0.39 is 0 Å². The quantitative estimate of drug-likeness (QED) is 0.507. The van der Waals surface area contributed by atoms with Crippen LogP contribution in [0.4, 0.5) is 0 Å². The summed E-state index contributed by atoms with van der Waals surface area (Å²) >= 11 is 1.64. The fourth-order valence-corrected chi connectivity index (χ4v) is 6.36. The van der Waals surface area contributed by atoms with E-state index in [1.54, 1.807) is 18.4 Å². The highest BCUT2D eigenvalue weighted by atomic mass is 32.1. The molecule has 0 aromatic carbocycles. The molecule has 2 aliphatic rings. The Balaban J connectivity index is 1.57. The van der Waals surface area contributed by atoms with Crippen molar-refractivity contribution in [2.75, 3.05) is 39.9 Å². The molecule has 4 heterocycles. The van der Waals surface area contributed by atoms with Gasteiger partial charge in [0, 0.05) is 50.1 Å². The van der Waals surface area contributed by atoms with E-state index in [0.29, 0.717) is 24.3 Å². The van der Waals surface area contributed by atoms with E-state index in [0.717, 1.165) is 29.5 Å². The Labute approximate surface area is 196 Å². The summed E-state index contributed by atoms with van der Waals surface area (Å²) in [5.74, 6) is 0.910. The molecule has 0 aliphatic carbocycles. The van der Waals surface area contributed by atoms with Crippen LogP contribution in [0.1, 0.15) is 73.7 Å². The largest absolute Gasteiger partial charge is 0.385 e.